The number of nitrogens with zero attached hydrogens (tertiary/aromatic N) is 2. The summed E-state index contributed by atoms with van der Waals surface area (Å²) in [5.74, 6) is -1.96. The van der Waals surface area contributed by atoms with Gasteiger partial charge in [-0.05, 0) is 56.1 Å². The van der Waals surface area contributed by atoms with Gasteiger partial charge in [0.2, 0.25) is 11.8 Å². The molecule has 3 amide bonds. The van der Waals surface area contributed by atoms with Crippen LogP contribution in [0.2, 0.25) is 0 Å². The molecule has 0 unspecified atom stereocenters. The lowest BCUT2D eigenvalue weighted by atomic mass is 9.79. The second kappa shape index (κ2) is 8.00. The van der Waals surface area contributed by atoms with Gasteiger partial charge in [0.05, 0.1) is 5.92 Å². The highest BCUT2D eigenvalue weighted by molar-refractivity contribution is 5.93. The van der Waals surface area contributed by atoms with Gasteiger partial charge in [0.15, 0.2) is 0 Å². The third-order valence-electron chi connectivity index (χ3n) is 6.89. The molecule has 4 rings (SSSR count). The highest BCUT2D eigenvalue weighted by Gasteiger charge is 2.57. The molecule has 0 bridgehead atoms. The Labute approximate surface area is 181 Å². The SMILES string of the molecule is Cc1cc(C)cc(C2=CCN(C(=O)[C@@H]3[C@@H](C(=O)NO)CC4(CC4)CN3C(=O)O)CC2)c1. The number of aryl methyl sites for hydroxylation is 2. The summed E-state index contributed by atoms with van der Waals surface area (Å²) in [7, 11) is 0. The Morgan fingerprint density at radius 2 is 1.81 bits per heavy atom. The number of likely N-dealkylation sites (tertiary alicyclic amines) is 1. The van der Waals surface area contributed by atoms with Crippen LogP contribution in [0.15, 0.2) is 24.3 Å². The zero-order chi connectivity index (χ0) is 22.3. The van der Waals surface area contributed by atoms with E-state index in [4.69, 9.17) is 0 Å². The quantitative estimate of drug-likeness (QED) is 0.507. The number of carbonyl (C=O) groups excluding carboxylic acids is 2. The first kappa shape index (κ1) is 21.4. The number of hydrogen-bond acceptors (Lipinski definition) is 4. The summed E-state index contributed by atoms with van der Waals surface area (Å²) in [4.78, 5) is 40.5. The molecular weight excluding hydrogens is 398 g/mol. The third kappa shape index (κ3) is 4.17. The Kier molecular flexibility index (Phi) is 5.51. The van der Waals surface area contributed by atoms with E-state index in [-0.39, 0.29) is 17.9 Å². The number of carbonyl (C=O) groups is 3. The highest BCUT2D eigenvalue weighted by atomic mass is 16.5. The molecule has 1 aromatic rings. The number of carboxylic acid groups (broad SMARTS) is 1. The van der Waals surface area contributed by atoms with Crippen LogP contribution >= 0.6 is 0 Å². The van der Waals surface area contributed by atoms with Crippen LogP contribution in [0.25, 0.3) is 5.57 Å². The van der Waals surface area contributed by atoms with E-state index in [1.807, 2.05) is 6.08 Å². The molecular formula is C23H29N3O5. The van der Waals surface area contributed by atoms with Gasteiger partial charge in [0, 0.05) is 19.6 Å². The Morgan fingerprint density at radius 1 is 1.13 bits per heavy atom. The van der Waals surface area contributed by atoms with E-state index in [0.717, 1.165) is 28.9 Å². The van der Waals surface area contributed by atoms with Crippen LogP contribution in [0.1, 0.15) is 42.4 Å². The zero-order valence-electron chi connectivity index (χ0n) is 17.9. The van der Waals surface area contributed by atoms with Crippen molar-refractivity contribution in [2.75, 3.05) is 19.6 Å². The maximum atomic E-state index is 13.4. The van der Waals surface area contributed by atoms with Gasteiger partial charge in [0.1, 0.15) is 6.04 Å². The van der Waals surface area contributed by atoms with Gasteiger partial charge < -0.3 is 10.0 Å². The highest BCUT2D eigenvalue weighted by Crippen LogP contribution is 2.55. The molecule has 3 N–H and O–H groups in total. The van der Waals surface area contributed by atoms with Gasteiger partial charge in [0.25, 0.3) is 0 Å². The van der Waals surface area contributed by atoms with Crippen LogP contribution in [0.5, 0.6) is 0 Å². The van der Waals surface area contributed by atoms with Gasteiger partial charge in [-0.15, -0.1) is 0 Å². The Morgan fingerprint density at radius 3 is 2.32 bits per heavy atom. The molecule has 2 aliphatic heterocycles. The Bertz CT molecular complexity index is 932. The topological polar surface area (TPSA) is 110 Å². The minimum Gasteiger partial charge on any atom is -0.465 e. The Hall–Kier alpha value is -2.87. The van der Waals surface area contributed by atoms with Crippen LogP contribution in [0, 0.1) is 25.2 Å². The average Bonchev–Trinajstić information content (AvgIpc) is 3.49. The van der Waals surface area contributed by atoms with Crippen LogP contribution in [-0.4, -0.2) is 63.7 Å². The van der Waals surface area contributed by atoms with E-state index in [1.165, 1.54) is 11.1 Å². The number of benzene rings is 1. The minimum atomic E-state index is -1.21. The number of piperidine rings is 1. The van der Waals surface area contributed by atoms with Crippen LogP contribution in [-0.2, 0) is 9.59 Å². The van der Waals surface area contributed by atoms with Gasteiger partial charge in [-0.25, -0.2) is 10.3 Å². The molecule has 1 aromatic carbocycles. The largest absolute Gasteiger partial charge is 0.465 e. The van der Waals surface area contributed by atoms with Crippen molar-refractivity contribution in [2.24, 2.45) is 11.3 Å². The lowest BCUT2D eigenvalue weighted by Crippen LogP contribution is -2.62. The van der Waals surface area contributed by atoms with Gasteiger partial charge in [-0.1, -0.05) is 35.4 Å². The predicted octanol–water partition coefficient (Wildman–Crippen LogP) is 2.57. The summed E-state index contributed by atoms with van der Waals surface area (Å²) >= 11 is 0. The summed E-state index contributed by atoms with van der Waals surface area (Å²) in [5.41, 5.74) is 6.07. The molecule has 0 aromatic heterocycles. The van der Waals surface area contributed by atoms with E-state index < -0.39 is 24.0 Å². The molecule has 31 heavy (non-hydrogen) atoms. The van der Waals surface area contributed by atoms with Crippen molar-refractivity contribution >= 4 is 23.5 Å². The summed E-state index contributed by atoms with van der Waals surface area (Å²) in [6, 6.07) is 5.25. The number of hydroxylamine groups is 1. The first-order valence-corrected chi connectivity index (χ1v) is 10.7. The smallest absolute Gasteiger partial charge is 0.408 e. The van der Waals surface area contributed by atoms with Crippen LogP contribution in [0.4, 0.5) is 4.79 Å². The molecule has 2 atom stereocenters. The van der Waals surface area contributed by atoms with Gasteiger partial charge in [-0.3, -0.25) is 19.7 Å². The van der Waals surface area contributed by atoms with Crippen molar-refractivity contribution in [1.29, 1.82) is 0 Å². The number of hydrogen-bond donors (Lipinski definition) is 3. The molecule has 1 saturated carbocycles. The first-order valence-electron chi connectivity index (χ1n) is 10.7. The monoisotopic (exact) mass is 427 g/mol. The molecule has 166 valence electrons. The summed E-state index contributed by atoms with van der Waals surface area (Å²) in [5, 5.41) is 19.0. The molecule has 1 spiro atoms. The fourth-order valence-corrected chi connectivity index (χ4v) is 5.15. The van der Waals surface area contributed by atoms with E-state index >= 15 is 0 Å². The van der Waals surface area contributed by atoms with Crippen molar-refractivity contribution in [3.63, 3.8) is 0 Å². The predicted molar refractivity (Wildman–Crippen MR) is 113 cm³/mol. The van der Waals surface area contributed by atoms with Crippen molar-refractivity contribution < 1.29 is 24.7 Å². The first-order chi connectivity index (χ1) is 14.7. The average molecular weight is 428 g/mol. The summed E-state index contributed by atoms with van der Waals surface area (Å²) in [6.07, 6.45) is 3.54. The molecule has 8 nitrogen and oxygen atoms in total. The van der Waals surface area contributed by atoms with Gasteiger partial charge in [-0.2, -0.15) is 0 Å². The third-order valence-corrected chi connectivity index (χ3v) is 6.89. The molecule has 2 heterocycles. The summed E-state index contributed by atoms with van der Waals surface area (Å²) < 4.78 is 0. The van der Waals surface area contributed by atoms with Crippen LogP contribution in [0.3, 0.4) is 0 Å². The maximum Gasteiger partial charge on any atom is 0.408 e. The Balaban J connectivity index is 1.56. The van der Waals surface area contributed by atoms with Crippen molar-refractivity contribution in [3.05, 3.63) is 41.0 Å². The van der Waals surface area contributed by atoms with Crippen molar-refractivity contribution in [3.8, 4) is 0 Å². The normalized spacial score (nSPS) is 24.5. The molecule has 8 heteroatoms. The molecule has 3 aliphatic rings. The van der Waals surface area contributed by atoms with E-state index in [1.54, 1.807) is 10.4 Å². The summed E-state index contributed by atoms with van der Waals surface area (Å²) in [6.45, 7) is 5.19. The van der Waals surface area contributed by atoms with E-state index in [2.05, 4.69) is 32.0 Å². The molecule has 2 fully saturated rings. The van der Waals surface area contributed by atoms with E-state index in [0.29, 0.717) is 25.9 Å². The van der Waals surface area contributed by atoms with Crippen molar-refractivity contribution in [2.45, 2.75) is 45.6 Å². The number of amides is 3. The van der Waals surface area contributed by atoms with E-state index in [9.17, 15) is 24.7 Å². The second-order valence-corrected chi connectivity index (χ2v) is 9.28. The molecule has 0 radical (unpaired) electrons. The fourth-order valence-electron chi connectivity index (χ4n) is 5.15. The maximum absolute atomic E-state index is 13.4. The fraction of sp³-hybridized carbons (Fsp3) is 0.522. The number of nitrogens with one attached hydrogen (secondary N) is 1. The lowest BCUT2D eigenvalue weighted by molar-refractivity contribution is -0.149. The second-order valence-electron chi connectivity index (χ2n) is 9.28. The zero-order valence-corrected chi connectivity index (χ0v) is 17.9. The lowest BCUT2D eigenvalue weighted by Gasteiger charge is -2.44. The van der Waals surface area contributed by atoms with Crippen LogP contribution < -0.4 is 5.48 Å². The minimum absolute atomic E-state index is 0.246. The van der Waals surface area contributed by atoms with Crippen molar-refractivity contribution in [1.82, 2.24) is 15.3 Å². The number of rotatable bonds is 3. The molecule has 1 saturated heterocycles. The molecule has 1 aliphatic carbocycles. The standard InChI is InChI=1S/C23H29N3O5/c1-14-9-15(2)11-17(10-14)16-3-7-25(8-4-16)21(28)19-18(20(27)24-31)12-23(5-6-23)13-26(19)22(29)30/h3,9-11,18-19,31H,4-8,12-13H2,1-2H3,(H,24,27)(H,29,30)/t18-,19-/m0/s1. The van der Waals surface area contributed by atoms with Gasteiger partial charge >= 0.3 is 6.09 Å².